The minimum Gasteiger partial charge on any atom is -0.368 e. The standard InChI is InChI=1S/C23H23FN4O/c1-17-5-4-6-19(15-17)27-11-13-28(14-12-27)22-10-9-18(16-25-22)26-23(29)20-7-2-3-8-21(20)24/h2-10,15-16H,11-14H2,1H3,(H,26,29). The van der Waals surface area contributed by atoms with Gasteiger partial charge in [0.05, 0.1) is 17.4 Å². The lowest BCUT2D eigenvalue weighted by molar-refractivity contribution is 0.102. The molecule has 2 heterocycles. The van der Waals surface area contributed by atoms with Gasteiger partial charge in [-0.1, -0.05) is 24.3 Å². The molecule has 1 amide bonds. The summed E-state index contributed by atoms with van der Waals surface area (Å²) in [6, 6.07) is 18.2. The summed E-state index contributed by atoms with van der Waals surface area (Å²) in [6.45, 7) is 5.72. The molecule has 3 aromatic rings. The van der Waals surface area contributed by atoms with E-state index in [4.69, 9.17) is 0 Å². The molecule has 148 valence electrons. The quantitative estimate of drug-likeness (QED) is 0.728. The van der Waals surface area contributed by atoms with Crippen LogP contribution in [0.4, 0.5) is 21.6 Å². The molecule has 2 aromatic carbocycles. The van der Waals surface area contributed by atoms with Crippen molar-refractivity contribution in [1.82, 2.24) is 4.98 Å². The number of hydrogen-bond acceptors (Lipinski definition) is 4. The number of pyridine rings is 1. The zero-order valence-corrected chi connectivity index (χ0v) is 16.3. The SMILES string of the molecule is Cc1cccc(N2CCN(c3ccc(NC(=O)c4ccccc4F)cn3)CC2)c1. The summed E-state index contributed by atoms with van der Waals surface area (Å²) in [4.78, 5) is 21.3. The van der Waals surface area contributed by atoms with Crippen molar-refractivity contribution in [3.05, 3.63) is 83.8 Å². The van der Waals surface area contributed by atoms with Crippen molar-refractivity contribution in [3.63, 3.8) is 0 Å². The number of amides is 1. The minimum absolute atomic E-state index is 0.0175. The first-order valence-corrected chi connectivity index (χ1v) is 9.69. The Labute approximate surface area is 169 Å². The van der Waals surface area contributed by atoms with E-state index >= 15 is 0 Å². The fourth-order valence-corrected chi connectivity index (χ4v) is 3.51. The van der Waals surface area contributed by atoms with Gasteiger partial charge in [-0.05, 0) is 48.9 Å². The highest BCUT2D eigenvalue weighted by Gasteiger charge is 2.18. The van der Waals surface area contributed by atoms with E-state index in [1.54, 1.807) is 24.4 Å². The number of hydrogen-bond donors (Lipinski definition) is 1. The number of nitrogens with zero attached hydrogens (tertiary/aromatic N) is 3. The average Bonchev–Trinajstić information content (AvgIpc) is 2.75. The van der Waals surface area contributed by atoms with Crippen molar-refractivity contribution in [2.45, 2.75) is 6.92 Å². The van der Waals surface area contributed by atoms with E-state index < -0.39 is 11.7 Å². The molecule has 1 aromatic heterocycles. The van der Waals surface area contributed by atoms with E-state index in [2.05, 4.69) is 51.3 Å². The maximum absolute atomic E-state index is 13.7. The minimum atomic E-state index is -0.541. The van der Waals surface area contributed by atoms with Crippen molar-refractivity contribution in [2.24, 2.45) is 0 Å². The first kappa shape index (κ1) is 18.9. The maximum atomic E-state index is 13.7. The molecule has 0 unspecified atom stereocenters. The highest BCUT2D eigenvalue weighted by Crippen LogP contribution is 2.21. The Kier molecular flexibility index (Phi) is 5.42. The van der Waals surface area contributed by atoms with Gasteiger partial charge in [0.15, 0.2) is 0 Å². The predicted octanol–water partition coefficient (Wildman–Crippen LogP) is 4.11. The van der Waals surface area contributed by atoms with Gasteiger partial charge in [-0.25, -0.2) is 9.37 Å². The summed E-state index contributed by atoms with van der Waals surface area (Å²) in [6.07, 6.45) is 1.61. The van der Waals surface area contributed by atoms with Crippen LogP contribution in [-0.4, -0.2) is 37.1 Å². The summed E-state index contributed by atoms with van der Waals surface area (Å²) in [5.41, 5.74) is 3.08. The second-order valence-electron chi connectivity index (χ2n) is 7.15. The zero-order chi connectivity index (χ0) is 20.2. The number of benzene rings is 2. The Morgan fingerprint density at radius 1 is 0.966 bits per heavy atom. The van der Waals surface area contributed by atoms with Gasteiger partial charge < -0.3 is 15.1 Å². The number of halogens is 1. The number of aryl methyl sites for hydroxylation is 1. The molecule has 1 fully saturated rings. The Morgan fingerprint density at radius 3 is 2.41 bits per heavy atom. The van der Waals surface area contributed by atoms with Gasteiger partial charge in [0.2, 0.25) is 0 Å². The third kappa shape index (κ3) is 4.37. The molecular formula is C23H23FN4O. The molecular weight excluding hydrogens is 367 g/mol. The summed E-state index contributed by atoms with van der Waals surface area (Å²) in [7, 11) is 0. The molecule has 0 bridgehead atoms. The van der Waals surface area contributed by atoms with Gasteiger partial charge in [0.25, 0.3) is 5.91 Å². The number of carbonyl (C=O) groups is 1. The van der Waals surface area contributed by atoms with Crippen LogP contribution >= 0.6 is 0 Å². The lowest BCUT2D eigenvalue weighted by Crippen LogP contribution is -2.46. The normalized spacial score (nSPS) is 14.0. The largest absolute Gasteiger partial charge is 0.368 e. The lowest BCUT2D eigenvalue weighted by Gasteiger charge is -2.36. The molecule has 1 N–H and O–H groups in total. The van der Waals surface area contributed by atoms with Crippen molar-refractivity contribution in [1.29, 1.82) is 0 Å². The summed E-state index contributed by atoms with van der Waals surface area (Å²) in [5.74, 6) is -0.150. The summed E-state index contributed by atoms with van der Waals surface area (Å²) < 4.78 is 13.7. The van der Waals surface area contributed by atoms with Crippen LogP contribution in [0, 0.1) is 12.7 Å². The molecule has 0 radical (unpaired) electrons. The van der Waals surface area contributed by atoms with Crippen LogP contribution in [0.25, 0.3) is 0 Å². The highest BCUT2D eigenvalue weighted by molar-refractivity contribution is 6.04. The predicted molar refractivity (Wildman–Crippen MR) is 114 cm³/mol. The van der Waals surface area contributed by atoms with Crippen LogP contribution in [0.5, 0.6) is 0 Å². The monoisotopic (exact) mass is 390 g/mol. The van der Waals surface area contributed by atoms with Crippen molar-refractivity contribution in [3.8, 4) is 0 Å². The molecule has 0 atom stereocenters. The molecule has 1 aliphatic rings. The van der Waals surface area contributed by atoms with Crippen molar-refractivity contribution >= 4 is 23.1 Å². The van der Waals surface area contributed by atoms with Crippen LogP contribution in [-0.2, 0) is 0 Å². The van der Waals surface area contributed by atoms with E-state index in [9.17, 15) is 9.18 Å². The Bertz CT molecular complexity index is 998. The fourth-order valence-electron chi connectivity index (χ4n) is 3.51. The third-order valence-electron chi connectivity index (χ3n) is 5.09. The Morgan fingerprint density at radius 2 is 1.72 bits per heavy atom. The summed E-state index contributed by atoms with van der Waals surface area (Å²) in [5, 5.41) is 2.69. The molecule has 0 aliphatic carbocycles. The van der Waals surface area contributed by atoms with Crippen molar-refractivity contribution in [2.75, 3.05) is 41.3 Å². The van der Waals surface area contributed by atoms with E-state index in [1.165, 1.54) is 23.4 Å². The summed E-state index contributed by atoms with van der Waals surface area (Å²) >= 11 is 0. The van der Waals surface area contributed by atoms with Gasteiger partial charge in [0, 0.05) is 31.9 Å². The molecule has 6 heteroatoms. The van der Waals surface area contributed by atoms with Gasteiger partial charge in [-0.15, -0.1) is 0 Å². The van der Waals surface area contributed by atoms with Crippen molar-refractivity contribution < 1.29 is 9.18 Å². The molecule has 0 saturated carbocycles. The molecule has 1 aliphatic heterocycles. The zero-order valence-electron chi connectivity index (χ0n) is 16.3. The molecule has 29 heavy (non-hydrogen) atoms. The Balaban J connectivity index is 1.36. The topological polar surface area (TPSA) is 48.5 Å². The number of aromatic nitrogens is 1. The van der Waals surface area contributed by atoms with Crippen LogP contribution < -0.4 is 15.1 Å². The van der Waals surface area contributed by atoms with E-state index in [1.807, 2.05) is 6.07 Å². The molecule has 5 nitrogen and oxygen atoms in total. The van der Waals surface area contributed by atoms with Gasteiger partial charge >= 0.3 is 0 Å². The number of piperazine rings is 1. The molecule has 4 rings (SSSR count). The average molecular weight is 390 g/mol. The van der Waals surface area contributed by atoms with Gasteiger partial charge in [-0.2, -0.15) is 0 Å². The van der Waals surface area contributed by atoms with Crippen LogP contribution in [0.15, 0.2) is 66.9 Å². The lowest BCUT2D eigenvalue weighted by atomic mass is 10.2. The highest BCUT2D eigenvalue weighted by atomic mass is 19.1. The number of nitrogens with one attached hydrogen (secondary N) is 1. The number of anilines is 3. The van der Waals surface area contributed by atoms with Gasteiger partial charge in [0.1, 0.15) is 11.6 Å². The third-order valence-corrected chi connectivity index (χ3v) is 5.09. The smallest absolute Gasteiger partial charge is 0.258 e. The Hall–Kier alpha value is -3.41. The fraction of sp³-hybridized carbons (Fsp3) is 0.217. The van der Waals surface area contributed by atoms with E-state index in [0.717, 1.165) is 32.0 Å². The van der Waals surface area contributed by atoms with E-state index in [-0.39, 0.29) is 5.56 Å². The first-order chi connectivity index (χ1) is 14.1. The van der Waals surface area contributed by atoms with Crippen LogP contribution in [0.3, 0.4) is 0 Å². The van der Waals surface area contributed by atoms with E-state index in [0.29, 0.717) is 5.69 Å². The second kappa shape index (κ2) is 8.31. The van der Waals surface area contributed by atoms with Crippen LogP contribution in [0.1, 0.15) is 15.9 Å². The second-order valence-corrected chi connectivity index (χ2v) is 7.15. The van der Waals surface area contributed by atoms with Gasteiger partial charge in [-0.3, -0.25) is 4.79 Å². The number of carbonyl (C=O) groups excluding carboxylic acids is 1. The first-order valence-electron chi connectivity index (χ1n) is 9.69. The molecule has 0 spiro atoms. The molecule has 1 saturated heterocycles. The maximum Gasteiger partial charge on any atom is 0.258 e. The van der Waals surface area contributed by atoms with Crippen LogP contribution in [0.2, 0.25) is 0 Å². The number of rotatable bonds is 4.